The molecule has 10 heteroatoms. The van der Waals surface area contributed by atoms with E-state index in [2.05, 4.69) is 53.5 Å². The molecule has 0 N–H and O–H groups in total. The predicted molar refractivity (Wildman–Crippen MR) is 156 cm³/mol. The summed E-state index contributed by atoms with van der Waals surface area (Å²) >= 11 is 12.0. The lowest BCUT2D eigenvalue weighted by atomic mass is 10.1. The van der Waals surface area contributed by atoms with Gasteiger partial charge in [0.2, 0.25) is 0 Å². The Labute approximate surface area is 226 Å². The zero-order valence-electron chi connectivity index (χ0n) is 17.0. The second kappa shape index (κ2) is 11.1. The maximum atomic E-state index is 14.9. The van der Waals surface area contributed by atoms with Crippen LogP contribution in [-0.2, 0) is 11.5 Å². The Morgan fingerprint density at radius 3 is 1.78 bits per heavy atom. The smallest absolute Gasteiger partial charge is 0.131 e. The van der Waals surface area contributed by atoms with Crippen molar-refractivity contribution >= 4 is 96.8 Å². The van der Waals surface area contributed by atoms with Gasteiger partial charge in [-0.25, -0.2) is 8.78 Å². The molecule has 32 heavy (non-hydrogen) atoms. The lowest BCUT2D eigenvalue weighted by molar-refractivity contribution is 0.607. The summed E-state index contributed by atoms with van der Waals surface area (Å²) in [5.74, 6) is 0.815. The minimum atomic E-state index is -1.50. The summed E-state index contributed by atoms with van der Waals surface area (Å²) in [6.07, 6.45) is 0. The van der Waals surface area contributed by atoms with E-state index in [1.807, 2.05) is 24.3 Å². The van der Waals surface area contributed by atoms with Crippen molar-refractivity contribution in [2.75, 3.05) is 0 Å². The van der Waals surface area contributed by atoms with Gasteiger partial charge in [0, 0.05) is 20.5 Å². The number of benzene rings is 2. The van der Waals surface area contributed by atoms with Crippen molar-refractivity contribution in [1.82, 2.24) is 0 Å². The molecular weight excluding hydrogens is 654 g/mol. The molecule has 0 nitrogen and oxygen atoms in total. The van der Waals surface area contributed by atoms with E-state index in [0.29, 0.717) is 33.8 Å². The fourth-order valence-electron chi connectivity index (χ4n) is 2.94. The molecule has 2 aliphatic heterocycles. The van der Waals surface area contributed by atoms with Gasteiger partial charge in [-0.1, -0.05) is 109 Å². The standard InChI is InChI=1S/C22H18Br2F2S6/c1-13-17(23)5-3-15(19(13)25)11-30-32(10-9-29-22(32)21-27-7-8-28-21)31-12-16-4-6-18(24)14(2)20(16)26/h3-10H,11-12H2,1-2H3. The van der Waals surface area contributed by atoms with Gasteiger partial charge in [0.1, 0.15) is 11.6 Å². The van der Waals surface area contributed by atoms with E-state index in [9.17, 15) is 8.78 Å². The van der Waals surface area contributed by atoms with Crippen LogP contribution in [0.4, 0.5) is 8.78 Å². The van der Waals surface area contributed by atoms with Crippen molar-refractivity contribution in [3.63, 3.8) is 0 Å². The summed E-state index contributed by atoms with van der Waals surface area (Å²) in [5, 5.41) is 8.60. The molecule has 2 aliphatic rings. The summed E-state index contributed by atoms with van der Waals surface area (Å²) in [6.45, 7) is 3.58. The molecule has 0 atom stereocenters. The van der Waals surface area contributed by atoms with Crippen LogP contribution in [0, 0.1) is 25.5 Å². The first kappa shape index (κ1) is 25.7. The van der Waals surface area contributed by atoms with Gasteiger partial charge in [-0.05, 0) is 69.9 Å². The molecule has 0 unspecified atom stereocenters. The fourth-order valence-corrected chi connectivity index (χ4v) is 18.5. The Morgan fingerprint density at radius 1 is 0.781 bits per heavy atom. The molecule has 0 amide bonds. The van der Waals surface area contributed by atoms with Crippen LogP contribution in [0.1, 0.15) is 22.3 Å². The SMILES string of the molecule is Cc1c(Br)ccc(CSS2(SCc3ccc(Br)c(C)c3F)C=CSC2=C2SC=CS2)c1F. The molecule has 2 aromatic carbocycles. The first-order valence-electron chi connectivity index (χ1n) is 9.37. The van der Waals surface area contributed by atoms with Crippen LogP contribution in [-0.4, -0.2) is 0 Å². The molecule has 0 radical (unpaired) electrons. The normalized spacial score (nSPS) is 18.1. The Kier molecular flexibility index (Phi) is 8.90. The molecule has 2 heterocycles. The third-order valence-electron chi connectivity index (χ3n) is 4.82. The topological polar surface area (TPSA) is 0 Å². The van der Waals surface area contributed by atoms with Gasteiger partial charge < -0.3 is 0 Å². The molecular formula is C22H18Br2F2S6. The predicted octanol–water partition coefficient (Wildman–Crippen LogP) is 11.2. The van der Waals surface area contributed by atoms with Crippen LogP contribution >= 0.6 is 96.8 Å². The molecule has 0 aliphatic carbocycles. The molecule has 170 valence electrons. The molecule has 0 spiro atoms. The Bertz CT molecular complexity index is 1070. The molecule has 0 aromatic heterocycles. The Balaban J connectivity index is 1.64. The Hall–Kier alpha value is 0.580. The van der Waals surface area contributed by atoms with Crippen LogP contribution in [0.15, 0.2) is 63.3 Å². The summed E-state index contributed by atoms with van der Waals surface area (Å²) in [5.41, 5.74) is 2.67. The maximum absolute atomic E-state index is 14.9. The van der Waals surface area contributed by atoms with Gasteiger partial charge in [0.05, 0.1) is 8.47 Å². The van der Waals surface area contributed by atoms with E-state index < -0.39 is 8.09 Å². The minimum Gasteiger partial charge on any atom is -0.206 e. The van der Waals surface area contributed by atoms with Crippen LogP contribution in [0.5, 0.6) is 0 Å². The number of rotatable bonds is 6. The monoisotopic (exact) mass is 670 g/mol. The summed E-state index contributed by atoms with van der Waals surface area (Å²) in [4.78, 5) is 0. The average Bonchev–Trinajstić information content (AvgIpc) is 3.45. The van der Waals surface area contributed by atoms with Crippen LogP contribution < -0.4 is 0 Å². The highest BCUT2D eigenvalue weighted by molar-refractivity contribution is 9.28. The number of hydrogen-bond donors (Lipinski definition) is 0. The van der Waals surface area contributed by atoms with Crippen molar-refractivity contribution in [2.45, 2.75) is 25.4 Å². The minimum absolute atomic E-state index is 0.156. The summed E-state index contributed by atoms with van der Waals surface area (Å²) in [7, 11) is 2.06. The largest absolute Gasteiger partial charge is 0.206 e. The zero-order valence-corrected chi connectivity index (χ0v) is 25.1. The van der Waals surface area contributed by atoms with E-state index in [0.717, 1.165) is 8.95 Å². The zero-order chi connectivity index (χ0) is 22.9. The van der Waals surface area contributed by atoms with Gasteiger partial charge in [0.15, 0.2) is 0 Å². The number of hydrogen-bond acceptors (Lipinski definition) is 5. The van der Waals surface area contributed by atoms with Gasteiger partial charge in [0.25, 0.3) is 0 Å². The molecule has 2 aromatic rings. The van der Waals surface area contributed by atoms with Gasteiger partial charge in [-0.3, -0.25) is 0 Å². The van der Waals surface area contributed by atoms with Crippen LogP contribution in [0.2, 0.25) is 0 Å². The average molecular weight is 673 g/mol. The molecule has 4 rings (SSSR count). The number of thioether (sulfide) groups is 3. The first-order valence-corrected chi connectivity index (χ1v) is 18.3. The van der Waals surface area contributed by atoms with Crippen LogP contribution in [0.3, 0.4) is 0 Å². The maximum Gasteiger partial charge on any atom is 0.131 e. The summed E-state index contributed by atoms with van der Waals surface area (Å²) in [6, 6.07) is 7.53. The van der Waals surface area contributed by atoms with E-state index in [4.69, 9.17) is 0 Å². The third-order valence-corrected chi connectivity index (χ3v) is 20.7. The Morgan fingerprint density at radius 2 is 1.28 bits per heavy atom. The lowest BCUT2D eigenvalue weighted by Gasteiger charge is -2.34. The van der Waals surface area contributed by atoms with E-state index in [1.165, 1.54) is 8.47 Å². The van der Waals surface area contributed by atoms with Gasteiger partial charge in [-0.2, -0.15) is 0 Å². The fraction of sp³-hybridized carbons (Fsp3) is 0.182. The molecule has 0 fully saturated rings. The van der Waals surface area contributed by atoms with E-state index in [1.54, 1.807) is 70.7 Å². The van der Waals surface area contributed by atoms with Crippen molar-refractivity contribution < 1.29 is 8.78 Å². The highest BCUT2D eigenvalue weighted by Gasteiger charge is 2.36. The highest BCUT2D eigenvalue weighted by Crippen LogP contribution is 2.84. The summed E-state index contributed by atoms with van der Waals surface area (Å²) < 4.78 is 33.9. The van der Waals surface area contributed by atoms with E-state index >= 15 is 0 Å². The molecule has 0 saturated carbocycles. The number of halogens is 4. The molecule has 0 bridgehead atoms. The van der Waals surface area contributed by atoms with Crippen molar-refractivity contribution in [3.05, 3.63) is 97.2 Å². The van der Waals surface area contributed by atoms with Crippen LogP contribution in [0.25, 0.3) is 0 Å². The first-order chi connectivity index (χ1) is 15.3. The van der Waals surface area contributed by atoms with E-state index in [-0.39, 0.29) is 11.6 Å². The molecule has 0 saturated heterocycles. The van der Waals surface area contributed by atoms with Crippen molar-refractivity contribution in [1.29, 1.82) is 0 Å². The van der Waals surface area contributed by atoms with Gasteiger partial charge in [-0.15, -0.1) is 0 Å². The lowest BCUT2D eigenvalue weighted by Crippen LogP contribution is -1.97. The second-order valence-corrected chi connectivity index (χ2v) is 19.8. The highest BCUT2D eigenvalue weighted by atomic mass is 79.9. The third kappa shape index (κ3) is 5.37. The van der Waals surface area contributed by atoms with Gasteiger partial charge >= 0.3 is 0 Å². The van der Waals surface area contributed by atoms with Crippen molar-refractivity contribution in [3.8, 4) is 0 Å². The van der Waals surface area contributed by atoms with Crippen molar-refractivity contribution in [2.24, 2.45) is 0 Å². The second-order valence-electron chi connectivity index (χ2n) is 6.83. The quantitative estimate of drug-likeness (QED) is 0.279.